The molecule has 2 nitrogen and oxygen atoms in total. The highest BCUT2D eigenvalue weighted by atomic mass is 16.3. The Morgan fingerprint density at radius 1 is 1.46 bits per heavy atom. The molecule has 0 atom stereocenters. The van der Waals surface area contributed by atoms with Crippen LogP contribution in [0.25, 0.3) is 0 Å². The van der Waals surface area contributed by atoms with E-state index in [0.29, 0.717) is 5.76 Å². The van der Waals surface area contributed by atoms with Gasteiger partial charge in [-0.3, -0.25) is 4.79 Å². The third kappa shape index (κ3) is 2.58. The summed E-state index contributed by atoms with van der Waals surface area (Å²) in [7, 11) is 0. The van der Waals surface area contributed by atoms with E-state index in [-0.39, 0.29) is 5.78 Å². The van der Waals surface area contributed by atoms with Crippen molar-refractivity contribution in [1.29, 1.82) is 0 Å². The molecule has 1 aromatic rings. The summed E-state index contributed by atoms with van der Waals surface area (Å²) in [6.45, 7) is 5.77. The van der Waals surface area contributed by atoms with E-state index in [2.05, 4.69) is 0 Å². The number of allylic oxidation sites excluding steroid dienone is 2. The molecule has 0 saturated carbocycles. The first-order chi connectivity index (χ1) is 6.13. The second-order valence-electron chi connectivity index (χ2n) is 3.21. The molecule has 0 spiro atoms. The molecule has 0 aromatic carbocycles. The summed E-state index contributed by atoms with van der Waals surface area (Å²) in [4.78, 5) is 11.4. The molecule has 0 bridgehead atoms. The fourth-order valence-electron chi connectivity index (χ4n) is 1.03. The lowest BCUT2D eigenvalue weighted by Crippen LogP contribution is -1.91. The Labute approximate surface area is 78.3 Å². The summed E-state index contributed by atoms with van der Waals surface area (Å²) >= 11 is 0. The van der Waals surface area contributed by atoms with E-state index in [1.807, 2.05) is 26.8 Å². The lowest BCUT2D eigenvalue weighted by Gasteiger charge is -1.90. The second-order valence-corrected chi connectivity index (χ2v) is 3.21. The third-order valence-corrected chi connectivity index (χ3v) is 1.67. The zero-order valence-corrected chi connectivity index (χ0v) is 8.26. The molecule has 0 fully saturated rings. The minimum absolute atomic E-state index is 0.0558. The Morgan fingerprint density at radius 3 is 2.62 bits per heavy atom. The average molecular weight is 178 g/mol. The molecule has 0 aliphatic carbocycles. The normalized spacial score (nSPS) is 9.77. The van der Waals surface area contributed by atoms with Gasteiger partial charge in [0.15, 0.2) is 5.76 Å². The highest BCUT2D eigenvalue weighted by molar-refractivity contribution is 6.02. The van der Waals surface area contributed by atoms with Crippen molar-refractivity contribution in [2.45, 2.75) is 27.2 Å². The van der Waals surface area contributed by atoms with E-state index >= 15 is 0 Å². The molecular weight excluding hydrogens is 164 g/mol. The van der Waals surface area contributed by atoms with Gasteiger partial charge < -0.3 is 4.42 Å². The molecule has 1 aromatic heterocycles. The summed E-state index contributed by atoms with van der Waals surface area (Å²) in [5, 5.41) is 0. The van der Waals surface area contributed by atoms with Gasteiger partial charge in [-0.05, 0) is 32.1 Å². The van der Waals surface area contributed by atoms with Crippen molar-refractivity contribution >= 4 is 5.78 Å². The predicted octanol–water partition coefficient (Wildman–Crippen LogP) is 2.99. The maximum absolute atomic E-state index is 11.4. The van der Waals surface area contributed by atoms with Crippen molar-refractivity contribution in [1.82, 2.24) is 0 Å². The van der Waals surface area contributed by atoms with Crippen LogP contribution in [0.2, 0.25) is 0 Å². The van der Waals surface area contributed by atoms with Crippen molar-refractivity contribution in [3.8, 4) is 0 Å². The molecule has 0 aliphatic rings. The van der Waals surface area contributed by atoms with Crippen LogP contribution in [0.4, 0.5) is 0 Å². The van der Waals surface area contributed by atoms with Crippen LogP contribution in [0.1, 0.15) is 37.1 Å². The summed E-state index contributed by atoms with van der Waals surface area (Å²) in [5.41, 5.74) is 0.986. The summed E-state index contributed by atoms with van der Waals surface area (Å²) in [6, 6.07) is 3.56. The Kier molecular flexibility index (Phi) is 3.07. The molecular formula is C11H14O2. The van der Waals surface area contributed by atoms with Gasteiger partial charge in [0.05, 0.1) is 0 Å². The number of hydrogen-bond donors (Lipinski definition) is 0. The SMILES string of the molecule is CCc1ccc(C(=O)C=C(C)C)o1. The zero-order valence-electron chi connectivity index (χ0n) is 8.26. The number of rotatable bonds is 3. The quantitative estimate of drug-likeness (QED) is 0.526. The van der Waals surface area contributed by atoms with Crippen molar-refractivity contribution in [2.24, 2.45) is 0 Å². The highest BCUT2D eigenvalue weighted by Crippen LogP contribution is 2.10. The molecule has 13 heavy (non-hydrogen) atoms. The van der Waals surface area contributed by atoms with Gasteiger partial charge >= 0.3 is 0 Å². The van der Waals surface area contributed by atoms with Crippen LogP contribution in [-0.2, 0) is 6.42 Å². The van der Waals surface area contributed by atoms with E-state index in [4.69, 9.17) is 4.42 Å². The van der Waals surface area contributed by atoms with Crippen LogP contribution in [0.15, 0.2) is 28.2 Å². The standard InChI is InChI=1S/C11H14O2/c1-4-9-5-6-11(13-9)10(12)7-8(2)3/h5-7H,4H2,1-3H3. The van der Waals surface area contributed by atoms with Crippen molar-refractivity contribution in [3.05, 3.63) is 35.3 Å². The molecule has 1 heterocycles. The lowest BCUT2D eigenvalue weighted by molar-refractivity contribution is 0.101. The van der Waals surface area contributed by atoms with Crippen LogP contribution in [0.3, 0.4) is 0 Å². The van der Waals surface area contributed by atoms with Gasteiger partial charge in [-0.15, -0.1) is 0 Å². The van der Waals surface area contributed by atoms with E-state index in [9.17, 15) is 4.79 Å². The molecule has 0 saturated heterocycles. The summed E-state index contributed by atoms with van der Waals surface area (Å²) in [5.74, 6) is 1.23. The first-order valence-corrected chi connectivity index (χ1v) is 4.41. The van der Waals surface area contributed by atoms with Crippen molar-refractivity contribution < 1.29 is 9.21 Å². The number of carbonyl (C=O) groups is 1. The molecule has 0 N–H and O–H groups in total. The molecule has 2 heteroatoms. The smallest absolute Gasteiger partial charge is 0.220 e. The molecule has 70 valence electrons. The van der Waals surface area contributed by atoms with Crippen LogP contribution in [0, 0.1) is 0 Å². The van der Waals surface area contributed by atoms with Crippen LogP contribution in [-0.4, -0.2) is 5.78 Å². The molecule has 0 radical (unpaired) electrons. The number of furan rings is 1. The second kappa shape index (κ2) is 4.08. The van der Waals surface area contributed by atoms with Gasteiger partial charge in [0.2, 0.25) is 5.78 Å². The van der Waals surface area contributed by atoms with E-state index in [1.165, 1.54) is 0 Å². The largest absolute Gasteiger partial charge is 0.458 e. The lowest BCUT2D eigenvalue weighted by atomic mass is 10.2. The minimum atomic E-state index is -0.0558. The molecule has 0 aliphatic heterocycles. The Morgan fingerprint density at radius 2 is 2.15 bits per heavy atom. The number of carbonyl (C=O) groups excluding carboxylic acids is 1. The fraction of sp³-hybridized carbons (Fsp3) is 0.364. The number of aryl methyl sites for hydroxylation is 1. The zero-order chi connectivity index (χ0) is 9.84. The fourth-order valence-corrected chi connectivity index (χ4v) is 1.03. The predicted molar refractivity (Wildman–Crippen MR) is 51.8 cm³/mol. The molecule has 0 amide bonds. The highest BCUT2D eigenvalue weighted by Gasteiger charge is 2.06. The summed E-state index contributed by atoms with van der Waals surface area (Å²) in [6.07, 6.45) is 2.40. The average Bonchev–Trinajstić information content (AvgIpc) is 2.50. The Hall–Kier alpha value is -1.31. The monoisotopic (exact) mass is 178 g/mol. The van der Waals surface area contributed by atoms with Crippen LogP contribution >= 0.6 is 0 Å². The Bertz CT molecular complexity index is 328. The Balaban J connectivity index is 2.83. The van der Waals surface area contributed by atoms with E-state index < -0.39 is 0 Å². The number of ketones is 1. The maximum Gasteiger partial charge on any atom is 0.220 e. The van der Waals surface area contributed by atoms with Crippen LogP contribution in [0.5, 0.6) is 0 Å². The van der Waals surface area contributed by atoms with Gasteiger partial charge in [0.25, 0.3) is 0 Å². The topological polar surface area (TPSA) is 30.2 Å². The maximum atomic E-state index is 11.4. The minimum Gasteiger partial charge on any atom is -0.458 e. The van der Waals surface area contributed by atoms with Crippen LogP contribution < -0.4 is 0 Å². The van der Waals surface area contributed by atoms with Crippen molar-refractivity contribution in [3.63, 3.8) is 0 Å². The summed E-state index contributed by atoms with van der Waals surface area (Å²) < 4.78 is 5.30. The van der Waals surface area contributed by atoms with Gasteiger partial charge in [0.1, 0.15) is 5.76 Å². The van der Waals surface area contributed by atoms with Gasteiger partial charge in [0, 0.05) is 6.42 Å². The number of hydrogen-bond acceptors (Lipinski definition) is 2. The van der Waals surface area contributed by atoms with E-state index in [0.717, 1.165) is 17.8 Å². The van der Waals surface area contributed by atoms with Gasteiger partial charge in [-0.2, -0.15) is 0 Å². The van der Waals surface area contributed by atoms with Gasteiger partial charge in [-0.25, -0.2) is 0 Å². The van der Waals surface area contributed by atoms with Crippen molar-refractivity contribution in [2.75, 3.05) is 0 Å². The molecule has 1 rings (SSSR count). The third-order valence-electron chi connectivity index (χ3n) is 1.67. The first kappa shape index (κ1) is 9.78. The molecule has 0 unspecified atom stereocenters. The first-order valence-electron chi connectivity index (χ1n) is 4.41. The van der Waals surface area contributed by atoms with Gasteiger partial charge in [-0.1, -0.05) is 12.5 Å². The van der Waals surface area contributed by atoms with E-state index in [1.54, 1.807) is 12.1 Å².